The van der Waals surface area contributed by atoms with Crippen molar-refractivity contribution in [3.8, 4) is 11.5 Å². The smallest absolute Gasteiger partial charge is 0.322 e. The molecule has 0 bridgehead atoms. The molecular weight excluding hydrogens is 345 g/mol. The van der Waals surface area contributed by atoms with Crippen LogP contribution >= 0.6 is 15.9 Å². The molecule has 0 aliphatic carbocycles. The number of furan rings is 1. The van der Waals surface area contributed by atoms with E-state index in [9.17, 15) is 9.18 Å². The fourth-order valence-corrected chi connectivity index (χ4v) is 1.91. The first-order valence-corrected chi connectivity index (χ1v) is 6.57. The summed E-state index contributed by atoms with van der Waals surface area (Å²) in [5.41, 5.74) is 0.420. The first kappa shape index (κ1) is 13.5. The summed E-state index contributed by atoms with van der Waals surface area (Å²) in [5, 5.41) is 9.80. The average Bonchev–Trinajstić information content (AvgIpc) is 3.08. The van der Waals surface area contributed by atoms with E-state index in [-0.39, 0.29) is 17.7 Å². The van der Waals surface area contributed by atoms with Gasteiger partial charge in [0.05, 0.1) is 0 Å². The minimum Gasteiger partial charge on any atom is -0.444 e. The number of nitrogens with zero attached hydrogens (tertiary/aromatic N) is 2. The Balaban J connectivity index is 1.78. The Kier molecular flexibility index (Phi) is 3.53. The molecule has 0 aliphatic heterocycles. The molecule has 0 saturated carbocycles. The van der Waals surface area contributed by atoms with E-state index in [2.05, 4.69) is 31.4 Å². The molecule has 1 amide bonds. The Bertz CT molecular complexity index is 799. The standard InChI is InChI=1S/C13H7BrFN3O3/c14-10-5-4-9(20-10)11(19)16-13-18-17-12(21-13)7-2-1-3-8(15)6-7/h1-6H,(H,16,18,19). The highest BCUT2D eigenvalue weighted by Gasteiger charge is 2.15. The third-order valence-electron chi connectivity index (χ3n) is 2.51. The van der Waals surface area contributed by atoms with Gasteiger partial charge >= 0.3 is 6.01 Å². The van der Waals surface area contributed by atoms with E-state index in [1.165, 1.54) is 24.3 Å². The zero-order valence-corrected chi connectivity index (χ0v) is 11.9. The maximum absolute atomic E-state index is 13.1. The van der Waals surface area contributed by atoms with Gasteiger partial charge in [-0.3, -0.25) is 10.1 Å². The number of halogens is 2. The fourth-order valence-electron chi connectivity index (χ4n) is 1.61. The highest BCUT2D eigenvalue weighted by atomic mass is 79.9. The lowest BCUT2D eigenvalue weighted by Crippen LogP contribution is -2.10. The normalized spacial score (nSPS) is 10.6. The van der Waals surface area contributed by atoms with Crippen molar-refractivity contribution in [2.45, 2.75) is 0 Å². The Morgan fingerprint density at radius 1 is 1.19 bits per heavy atom. The Morgan fingerprint density at radius 2 is 2.05 bits per heavy atom. The van der Waals surface area contributed by atoms with E-state index < -0.39 is 11.7 Å². The zero-order valence-electron chi connectivity index (χ0n) is 10.3. The number of benzene rings is 1. The quantitative estimate of drug-likeness (QED) is 0.781. The number of aromatic nitrogens is 2. The molecular formula is C13H7BrFN3O3. The minimum atomic E-state index is -0.532. The Labute approximate surface area is 126 Å². The van der Waals surface area contributed by atoms with E-state index in [0.29, 0.717) is 10.2 Å². The van der Waals surface area contributed by atoms with Crippen LogP contribution in [0.15, 0.2) is 49.9 Å². The van der Waals surface area contributed by atoms with Crippen molar-refractivity contribution in [3.63, 3.8) is 0 Å². The molecule has 0 spiro atoms. The molecule has 8 heteroatoms. The van der Waals surface area contributed by atoms with E-state index in [1.807, 2.05) is 0 Å². The van der Waals surface area contributed by atoms with Crippen molar-refractivity contribution >= 4 is 27.9 Å². The molecule has 0 aliphatic rings. The van der Waals surface area contributed by atoms with Crippen molar-refractivity contribution in [1.82, 2.24) is 10.2 Å². The SMILES string of the molecule is O=C(Nc1nnc(-c2cccc(F)c2)o1)c1ccc(Br)o1. The zero-order chi connectivity index (χ0) is 14.8. The lowest BCUT2D eigenvalue weighted by atomic mass is 10.2. The van der Waals surface area contributed by atoms with Gasteiger partial charge in [-0.2, -0.15) is 0 Å². The van der Waals surface area contributed by atoms with Crippen molar-refractivity contribution in [2.24, 2.45) is 0 Å². The second kappa shape index (κ2) is 5.49. The predicted molar refractivity (Wildman–Crippen MR) is 74.1 cm³/mol. The molecule has 3 rings (SSSR count). The molecule has 6 nitrogen and oxygen atoms in total. The summed E-state index contributed by atoms with van der Waals surface area (Å²) in [6, 6.07) is 8.66. The van der Waals surface area contributed by atoms with Crippen molar-refractivity contribution in [3.05, 3.63) is 52.6 Å². The molecule has 1 aromatic carbocycles. The predicted octanol–water partition coefficient (Wildman–Crippen LogP) is 3.48. The number of carbonyl (C=O) groups excluding carboxylic acids is 1. The third kappa shape index (κ3) is 3.00. The monoisotopic (exact) mass is 351 g/mol. The number of hydrogen-bond donors (Lipinski definition) is 1. The Hall–Kier alpha value is -2.48. The van der Waals surface area contributed by atoms with Crippen LogP contribution in [0.5, 0.6) is 0 Å². The van der Waals surface area contributed by atoms with Crippen LogP contribution in [0, 0.1) is 5.82 Å². The highest BCUT2D eigenvalue weighted by Crippen LogP contribution is 2.21. The molecule has 0 unspecified atom stereocenters. The van der Waals surface area contributed by atoms with Crippen LogP contribution in [0.3, 0.4) is 0 Å². The summed E-state index contributed by atoms with van der Waals surface area (Å²) in [6.45, 7) is 0. The third-order valence-corrected chi connectivity index (χ3v) is 2.94. The molecule has 21 heavy (non-hydrogen) atoms. The lowest BCUT2D eigenvalue weighted by molar-refractivity contribution is 0.0992. The average molecular weight is 352 g/mol. The number of nitrogens with one attached hydrogen (secondary N) is 1. The summed E-state index contributed by atoms with van der Waals surface area (Å²) in [7, 11) is 0. The largest absolute Gasteiger partial charge is 0.444 e. The van der Waals surface area contributed by atoms with Crippen molar-refractivity contribution in [1.29, 1.82) is 0 Å². The number of hydrogen-bond acceptors (Lipinski definition) is 5. The van der Waals surface area contributed by atoms with Gasteiger partial charge in [0.15, 0.2) is 10.4 Å². The molecule has 106 valence electrons. The maximum Gasteiger partial charge on any atom is 0.322 e. The van der Waals surface area contributed by atoms with Gasteiger partial charge in [-0.1, -0.05) is 11.2 Å². The van der Waals surface area contributed by atoms with Crippen LogP contribution in [0.4, 0.5) is 10.4 Å². The second-order valence-electron chi connectivity index (χ2n) is 3.98. The lowest BCUT2D eigenvalue weighted by Gasteiger charge is -1.96. The molecule has 0 fully saturated rings. The minimum absolute atomic E-state index is 0.0902. The summed E-state index contributed by atoms with van der Waals surface area (Å²) in [6.07, 6.45) is 0. The summed E-state index contributed by atoms with van der Waals surface area (Å²) >= 11 is 3.09. The van der Waals surface area contributed by atoms with E-state index in [0.717, 1.165) is 0 Å². The van der Waals surface area contributed by atoms with Gasteiger partial charge in [-0.15, -0.1) is 5.10 Å². The van der Waals surface area contributed by atoms with Gasteiger partial charge in [0.25, 0.3) is 5.91 Å². The van der Waals surface area contributed by atoms with E-state index in [4.69, 9.17) is 8.83 Å². The van der Waals surface area contributed by atoms with Gasteiger partial charge in [-0.25, -0.2) is 4.39 Å². The van der Waals surface area contributed by atoms with Crippen LogP contribution in [0.1, 0.15) is 10.6 Å². The molecule has 2 heterocycles. The molecule has 0 radical (unpaired) electrons. The first-order chi connectivity index (χ1) is 10.1. The topological polar surface area (TPSA) is 81.2 Å². The van der Waals surface area contributed by atoms with Crippen LogP contribution in [0.2, 0.25) is 0 Å². The number of carbonyl (C=O) groups is 1. The molecule has 1 N–H and O–H groups in total. The van der Waals surface area contributed by atoms with Crippen molar-refractivity contribution < 1.29 is 18.0 Å². The van der Waals surface area contributed by atoms with Gasteiger partial charge in [0, 0.05) is 5.56 Å². The second-order valence-corrected chi connectivity index (χ2v) is 4.76. The maximum atomic E-state index is 13.1. The molecule has 2 aromatic heterocycles. The van der Waals surface area contributed by atoms with Gasteiger partial charge in [0.1, 0.15) is 5.82 Å². The number of amides is 1. The fraction of sp³-hybridized carbons (Fsp3) is 0. The van der Waals surface area contributed by atoms with Crippen LogP contribution < -0.4 is 5.32 Å². The van der Waals surface area contributed by atoms with Gasteiger partial charge in [-0.05, 0) is 46.3 Å². The van der Waals surface area contributed by atoms with E-state index in [1.54, 1.807) is 12.1 Å². The van der Waals surface area contributed by atoms with Crippen molar-refractivity contribution in [2.75, 3.05) is 5.32 Å². The van der Waals surface area contributed by atoms with Crippen LogP contribution in [-0.2, 0) is 0 Å². The van der Waals surface area contributed by atoms with Crippen LogP contribution in [-0.4, -0.2) is 16.1 Å². The first-order valence-electron chi connectivity index (χ1n) is 5.78. The number of rotatable bonds is 3. The molecule has 3 aromatic rings. The highest BCUT2D eigenvalue weighted by molar-refractivity contribution is 9.10. The number of anilines is 1. The summed E-state index contributed by atoms with van der Waals surface area (Å²) < 4.78 is 23.9. The molecule has 0 atom stereocenters. The Morgan fingerprint density at radius 3 is 2.76 bits per heavy atom. The van der Waals surface area contributed by atoms with Gasteiger partial charge in [0.2, 0.25) is 5.89 Å². The van der Waals surface area contributed by atoms with E-state index >= 15 is 0 Å². The van der Waals surface area contributed by atoms with Gasteiger partial charge < -0.3 is 8.83 Å². The summed E-state index contributed by atoms with van der Waals surface area (Å²) in [4.78, 5) is 11.8. The summed E-state index contributed by atoms with van der Waals surface area (Å²) in [5.74, 6) is -0.760. The van der Waals surface area contributed by atoms with Crippen LogP contribution in [0.25, 0.3) is 11.5 Å². The molecule has 0 saturated heterocycles.